The highest BCUT2D eigenvalue weighted by Crippen LogP contribution is 2.30. The van der Waals surface area contributed by atoms with Crippen LogP contribution in [-0.4, -0.2) is 60.9 Å². The number of hydrogen-bond acceptors (Lipinski definition) is 4. The fourth-order valence-electron chi connectivity index (χ4n) is 6.41. The molecule has 0 radical (unpaired) electrons. The number of alkyl halides is 3. The summed E-state index contributed by atoms with van der Waals surface area (Å²) in [6.07, 6.45) is 3.09. The molecule has 1 saturated heterocycles. The highest BCUT2D eigenvalue weighted by Gasteiger charge is 2.34. The van der Waals surface area contributed by atoms with E-state index in [1.165, 1.54) is 29.8 Å². The first-order valence-electron chi connectivity index (χ1n) is 18.6. The van der Waals surface area contributed by atoms with E-state index in [9.17, 15) is 22.8 Å². The molecule has 4 aromatic rings. The second-order valence-electron chi connectivity index (χ2n) is 12.9. The van der Waals surface area contributed by atoms with E-state index in [4.69, 9.17) is 4.74 Å². The minimum atomic E-state index is -4.45. The third kappa shape index (κ3) is 11.7. The molecule has 0 N–H and O–H groups in total. The molecule has 0 aliphatic carbocycles. The van der Waals surface area contributed by atoms with Crippen LogP contribution in [0.25, 0.3) is 6.08 Å². The number of ether oxygens (including phenoxy) is 1. The number of carbonyl (C=O) groups excluding carboxylic acids is 2. The standard InChI is InChI=1S/C42H46F3N3O3.C2H6/c1-3-4-6-11-32-16-18-35(19-17-32)31-48(40(49)25-22-33-20-23-36(24-21-33)42(43,44)45)38(30-34-12-7-5-8-13-34)41(50)47-28-26-46(27-29-47)37-14-9-10-15-39(37)51-2;1-2/h5,7-10,12-25,38H,3-4,6,11,26-31H2,1-2H3;1-2H3/b25-22+;/t38-;/m0./s1. The molecule has 1 atom stereocenters. The monoisotopic (exact) mass is 727 g/mol. The summed E-state index contributed by atoms with van der Waals surface area (Å²) in [6.45, 7) is 8.51. The topological polar surface area (TPSA) is 53.1 Å². The third-order valence-electron chi connectivity index (χ3n) is 9.33. The zero-order valence-electron chi connectivity index (χ0n) is 31.3. The number of anilines is 1. The van der Waals surface area contributed by atoms with Crippen molar-refractivity contribution in [1.82, 2.24) is 9.80 Å². The molecule has 1 fully saturated rings. The second-order valence-corrected chi connectivity index (χ2v) is 12.9. The van der Waals surface area contributed by atoms with Gasteiger partial charge in [-0.25, -0.2) is 0 Å². The van der Waals surface area contributed by atoms with Gasteiger partial charge in [0.05, 0.1) is 18.4 Å². The molecule has 282 valence electrons. The molecular weight excluding hydrogens is 675 g/mol. The Morgan fingerprint density at radius 2 is 1.42 bits per heavy atom. The molecule has 9 heteroatoms. The molecule has 1 aliphatic heterocycles. The number of aryl methyl sites for hydroxylation is 1. The van der Waals surface area contributed by atoms with Crippen molar-refractivity contribution in [2.45, 2.75) is 71.6 Å². The molecule has 6 nitrogen and oxygen atoms in total. The van der Waals surface area contributed by atoms with E-state index in [1.807, 2.05) is 85.5 Å². The Hall–Kier alpha value is -5.05. The molecule has 0 aromatic heterocycles. The van der Waals surface area contributed by atoms with Gasteiger partial charge in [-0.15, -0.1) is 0 Å². The van der Waals surface area contributed by atoms with Gasteiger partial charge in [-0.1, -0.05) is 112 Å². The maximum absolute atomic E-state index is 14.6. The number of hydrogen-bond donors (Lipinski definition) is 0. The fourth-order valence-corrected chi connectivity index (χ4v) is 6.41. The van der Waals surface area contributed by atoms with E-state index in [0.717, 1.165) is 60.4 Å². The summed E-state index contributed by atoms with van der Waals surface area (Å²) >= 11 is 0. The van der Waals surface area contributed by atoms with Crippen LogP contribution in [0.5, 0.6) is 5.75 Å². The van der Waals surface area contributed by atoms with Crippen LogP contribution >= 0.6 is 0 Å². The van der Waals surface area contributed by atoms with Gasteiger partial charge in [-0.3, -0.25) is 9.59 Å². The molecular formula is C44H52F3N3O3. The molecule has 1 heterocycles. The van der Waals surface area contributed by atoms with Gasteiger partial charge in [0.2, 0.25) is 11.8 Å². The average molecular weight is 728 g/mol. The minimum Gasteiger partial charge on any atom is -0.495 e. The SMILES string of the molecule is CC.CCCCCc1ccc(CN(C(=O)/C=C/c2ccc(C(F)(F)F)cc2)[C@@H](Cc2ccccc2)C(=O)N2CCN(c3ccccc3OC)CC2)cc1. The smallest absolute Gasteiger partial charge is 0.416 e. The molecule has 0 unspecified atom stereocenters. The summed E-state index contributed by atoms with van der Waals surface area (Å²) in [4.78, 5) is 34.4. The van der Waals surface area contributed by atoms with Gasteiger partial charge in [0.1, 0.15) is 11.8 Å². The van der Waals surface area contributed by atoms with Gasteiger partial charge >= 0.3 is 6.18 Å². The van der Waals surface area contributed by atoms with Crippen LogP contribution in [0.1, 0.15) is 67.9 Å². The number of nitrogens with zero attached hydrogens (tertiary/aromatic N) is 3. The van der Waals surface area contributed by atoms with Crippen LogP contribution in [0.3, 0.4) is 0 Å². The summed E-state index contributed by atoms with van der Waals surface area (Å²) in [7, 11) is 1.64. The number of piperazine rings is 1. The Morgan fingerprint density at radius 1 is 0.792 bits per heavy atom. The summed E-state index contributed by atoms with van der Waals surface area (Å²) in [5, 5.41) is 0. The number of methoxy groups -OCH3 is 1. The Bertz CT molecular complexity index is 1730. The van der Waals surface area contributed by atoms with Crippen molar-refractivity contribution in [3.63, 3.8) is 0 Å². The van der Waals surface area contributed by atoms with Crippen molar-refractivity contribution in [3.8, 4) is 5.75 Å². The molecule has 5 rings (SSSR count). The lowest BCUT2D eigenvalue weighted by Gasteiger charge is -2.40. The highest BCUT2D eigenvalue weighted by atomic mass is 19.4. The second kappa shape index (κ2) is 20.3. The zero-order valence-corrected chi connectivity index (χ0v) is 31.3. The van der Waals surface area contributed by atoms with Crippen molar-refractivity contribution in [3.05, 3.63) is 137 Å². The molecule has 1 aliphatic rings. The highest BCUT2D eigenvalue weighted by molar-refractivity contribution is 5.96. The number of rotatable bonds is 14. The zero-order chi connectivity index (χ0) is 38.2. The van der Waals surface area contributed by atoms with E-state index >= 15 is 0 Å². The number of halogens is 3. The number of para-hydroxylation sites is 2. The number of carbonyl (C=O) groups is 2. The van der Waals surface area contributed by atoms with Crippen molar-refractivity contribution in [2.24, 2.45) is 0 Å². The molecule has 0 spiro atoms. The van der Waals surface area contributed by atoms with E-state index in [-0.39, 0.29) is 12.5 Å². The van der Waals surface area contributed by atoms with Gasteiger partial charge in [-0.2, -0.15) is 13.2 Å². The Labute approximate surface area is 312 Å². The van der Waals surface area contributed by atoms with Gasteiger partial charge in [-0.05, 0) is 65.4 Å². The number of amides is 2. The van der Waals surface area contributed by atoms with E-state index in [2.05, 4.69) is 24.0 Å². The maximum Gasteiger partial charge on any atom is 0.416 e. The average Bonchev–Trinajstić information content (AvgIpc) is 3.19. The lowest BCUT2D eigenvalue weighted by Crippen LogP contribution is -2.56. The van der Waals surface area contributed by atoms with Crippen LogP contribution in [0.2, 0.25) is 0 Å². The molecule has 0 bridgehead atoms. The van der Waals surface area contributed by atoms with Crippen LogP contribution in [0.15, 0.2) is 109 Å². The first-order valence-corrected chi connectivity index (χ1v) is 18.6. The van der Waals surface area contributed by atoms with Crippen LogP contribution in [0, 0.1) is 0 Å². The van der Waals surface area contributed by atoms with Crippen LogP contribution in [0.4, 0.5) is 18.9 Å². The van der Waals surface area contributed by atoms with Crippen molar-refractivity contribution >= 4 is 23.6 Å². The predicted molar refractivity (Wildman–Crippen MR) is 208 cm³/mol. The van der Waals surface area contributed by atoms with Crippen molar-refractivity contribution in [2.75, 3.05) is 38.2 Å². The number of benzene rings is 4. The van der Waals surface area contributed by atoms with Crippen molar-refractivity contribution in [1.29, 1.82) is 0 Å². The number of unbranched alkanes of at least 4 members (excludes halogenated alkanes) is 2. The van der Waals surface area contributed by atoms with Crippen LogP contribution in [-0.2, 0) is 35.2 Å². The third-order valence-corrected chi connectivity index (χ3v) is 9.33. The molecule has 4 aromatic carbocycles. The lowest BCUT2D eigenvalue weighted by molar-refractivity contribution is -0.144. The molecule has 2 amide bonds. The van der Waals surface area contributed by atoms with Gasteiger partial charge in [0.15, 0.2) is 0 Å². The molecule has 0 saturated carbocycles. The Morgan fingerprint density at radius 3 is 2.04 bits per heavy atom. The van der Waals surface area contributed by atoms with E-state index in [0.29, 0.717) is 38.2 Å². The fraction of sp³-hybridized carbons (Fsp3) is 0.364. The quantitative estimate of drug-likeness (QED) is 0.0960. The van der Waals surface area contributed by atoms with Gasteiger partial charge in [0, 0.05) is 45.2 Å². The van der Waals surface area contributed by atoms with Crippen LogP contribution < -0.4 is 9.64 Å². The first-order chi connectivity index (χ1) is 25.7. The molecule has 53 heavy (non-hydrogen) atoms. The largest absolute Gasteiger partial charge is 0.495 e. The van der Waals surface area contributed by atoms with Crippen molar-refractivity contribution < 1.29 is 27.5 Å². The summed E-state index contributed by atoms with van der Waals surface area (Å²) in [6, 6.07) is 29.5. The van der Waals surface area contributed by atoms with Gasteiger partial charge < -0.3 is 19.4 Å². The lowest BCUT2D eigenvalue weighted by atomic mass is 10.0. The normalized spacial score (nSPS) is 13.6. The Kier molecular flexibility index (Phi) is 15.6. The summed E-state index contributed by atoms with van der Waals surface area (Å²) < 4.78 is 45.1. The van der Waals surface area contributed by atoms with E-state index < -0.39 is 23.7 Å². The van der Waals surface area contributed by atoms with E-state index in [1.54, 1.807) is 12.0 Å². The maximum atomic E-state index is 14.6. The predicted octanol–water partition coefficient (Wildman–Crippen LogP) is 9.48. The summed E-state index contributed by atoms with van der Waals surface area (Å²) in [5.74, 6) is 0.224. The minimum absolute atomic E-state index is 0.147. The first kappa shape index (κ1) is 40.7. The van der Waals surface area contributed by atoms with Gasteiger partial charge in [0.25, 0.3) is 0 Å². The Balaban J connectivity index is 0.00000308. The summed E-state index contributed by atoms with van der Waals surface area (Å²) in [5.41, 5.74) is 3.68.